The van der Waals surface area contributed by atoms with Crippen molar-refractivity contribution in [2.24, 2.45) is 11.1 Å². The van der Waals surface area contributed by atoms with Crippen LogP contribution in [0.5, 0.6) is 0 Å². The Kier molecular flexibility index (Phi) is 9.51. The predicted octanol–water partition coefficient (Wildman–Crippen LogP) is 5.77. The van der Waals surface area contributed by atoms with E-state index in [2.05, 4.69) is 76.5 Å². The number of nitrogens with two attached hydrogens (primary N) is 1. The summed E-state index contributed by atoms with van der Waals surface area (Å²) >= 11 is 0. The van der Waals surface area contributed by atoms with Crippen LogP contribution >= 0.6 is 0 Å². The molecule has 3 aliphatic rings. The lowest BCUT2D eigenvalue weighted by Crippen LogP contribution is -2.48. The molecule has 1 aliphatic carbocycles. The average Bonchev–Trinajstić information content (AvgIpc) is 3.52. The van der Waals surface area contributed by atoms with E-state index in [0.29, 0.717) is 42.3 Å². The summed E-state index contributed by atoms with van der Waals surface area (Å²) in [4.78, 5) is 17.3. The van der Waals surface area contributed by atoms with Crippen molar-refractivity contribution >= 4 is 5.91 Å². The molecular weight excluding hydrogens is 508 g/mol. The van der Waals surface area contributed by atoms with Crippen molar-refractivity contribution in [3.8, 4) is 12.3 Å². The first-order chi connectivity index (χ1) is 19.8. The van der Waals surface area contributed by atoms with Crippen molar-refractivity contribution in [2.75, 3.05) is 19.6 Å². The maximum atomic E-state index is 12.5. The van der Waals surface area contributed by atoms with Crippen LogP contribution < -0.4 is 5.73 Å². The van der Waals surface area contributed by atoms with Gasteiger partial charge >= 0.3 is 0 Å². The van der Waals surface area contributed by atoms with Crippen molar-refractivity contribution in [1.29, 1.82) is 0 Å². The topological polar surface area (TPSA) is 80.3 Å². The fraction of sp³-hybridized carbons (Fsp3) is 0.676. The lowest BCUT2D eigenvalue weighted by Gasteiger charge is -2.52. The molecule has 0 radical (unpaired) electrons. The number of unbranched alkanes of at least 4 members (excludes halogenated alkanes) is 1. The number of carbonyl (C=O) groups excluding carboxylic acids is 1. The van der Waals surface area contributed by atoms with Crippen LogP contribution in [0.3, 0.4) is 0 Å². The second-order valence-corrected chi connectivity index (χ2v) is 13.2. The van der Waals surface area contributed by atoms with Crippen molar-refractivity contribution in [3.63, 3.8) is 0 Å². The molecule has 41 heavy (non-hydrogen) atoms. The van der Waals surface area contributed by atoms with E-state index >= 15 is 0 Å². The smallest absolute Gasteiger partial charge is 0.222 e. The quantitative estimate of drug-likeness (QED) is 0.280. The maximum absolute atomic E-state index is 12.5. The van der Waals surface area contributed by atoms with Crippen molar-refractivity contribution in [1.82, 2.24) is 24.6 Å². The summed E-state index contributed by atoms with van der Waals surface area (Å²) in [6.07, 6.45) is 16.5. The number of aryl methyl sites for hydroxylation is 1. The molecule has 1 aromatic carbocycles. The highest BCUT2D eigenvalue weighted by molar-refractivity contribution is 5.76. The molecule has 222 valence electrons. The van der Waals surface area contributed by atoms with Crippen LogP contribution in [0.15, 0.2) is 30.3 Å². The minimum atomic E-state index is 0.0816. The molecule has 2 aliphatic heterocycles. The van der Waals surface area contributed by atoms with Gasteiger partial charge in [-0.3, -0.25) is 9.69 Å². The van der Waals surface area contributed by atoms with Crippen LogP contribution in [0.25, 0.3) is 0 Å². The van der Waals surface area contributed by atoms with E-state index in [9.17, 15) is 4.79 Å². The summed E-state index contributed by atoms with van der Waals surface area (Å²) in [5.74, 6) is 5.59. The van der Waals surface area contributed by atoms with E-state index in [1.807, 2.05) is 0 Å². The van der Waals surface area contributed by atoms with Crippen LogP contribution in [-0.4, -0.2) is 62.2 Å². The van der Waals surface area contributed by atoms with Gasteiger partial charge in [-0.2, -0.15) is 0 Å². The molecule has 1 amide bonds. The number of benzene rings is 1. The van der Waals surface area contributed by atoms with Gasteiger partial charge in [-0.1, -0.05) is 30.3 Å². The van der Waals surface area contributed by atoms with Crippen molar-refractivity contribution < 1.29 is 4.79 Å². The molecule has 7 heteroatoms. The molecule has 4 unspecified atom stereocenters. The zero-order chi connectivity index (χ0) is 29.0. The first-order valence-corrected chi connectivity index (χ1v) is 16.0. The van der Waals surface area contributed by atoms with Crippen LogP contribution in [0.4, 0.5) is 0 Å². The molecular formula is C34H50N6O. The Bertz CT molecular complexity index is 1190. The molecule has 1 aromatic heterocycles. The number of piperidine rings is 1. The summed E-state index contributed by atoms with van der Waals surface area (Å²) in [6, 6.07) is 12.1. The molecule has 7 nitrogen and oxygen atoms in total. The average molecular weight is 559 g/mol. The first kappa shape index (κ1) is 29.8. The Morgan fingerprint density at radius 2 is 1.90 bits per heavy atom. The zero-order valence-corrected chi connectivity index (χ0v) is 25.5. The van der Waals surface area contributed by atoms with Crippen LogP contribution in [-0.2, 0) is 4.79 Å². The maximum Gasteiger partial charge on any atom is 0.222 e. The third-order valence-electron chi connectivity index (χ3n) is 10.4. The van der Waals surface area contributed by atoms with Crippen LogP contribution in [0, 0.1) is 24.7 Å². The number of rotatable bonds is 11. The molecule has 2 aromatic rings. The largest absolute Gasteiger partial charge is 0.343 e. The zero-order valence-electron chi connectivity index (χ0n) is 25.5. The highest BCUT2D eigenvalue weighted by Gasteiger charge is 2.48. The van der Waals surface area contributed by atoms with E-state index in [4.69, 9.17) is 17.3 Å². The molecule has 5 rings (SSSR count). The second-order valence-electron chi connectivity index (χ2n) is 13.2. The van der Waals surface area contributed by atoms with Crippen molar-refractivity contribution in [3.05, 3.63) is 47.5 Å². The molecule has 2 saturated heterocycles. The van der Waals surface area contributed by atoms with Gasteiger partial charge in [0.1, 0.15) is 11.6 Å². The van der Waals surface area contributed by atoms with Crippen LogP contribution in [0.1, 0.15) is 120 Å². The van der Waals surface area contributed by atoms with Crippen molar-refractivity contribution in [2.45, 2.75) is 121 Å². The standard InChI is InChI=1S/C34H50N6O/c1-5-6-8-13-32(41)38-20-17-34(18-21-38)23-29(24-34)33-37-36-27(4)40(33)26(3)22-30-15-14-25(2)39(30)19-16-31(35)28-11-9-7-10-12-28/h1,7,9-12,25-26,29-31H,6,8,13-24,35H2,2-4H3. The van der Waals surface area contributed by atoms with E-state index in [1.54, 1.807) is 0 Å². The minimum Gasteiger partial charge on any atom is -0.343 e. The number of hydrogen-bond donors (Lipinski definition) is 1. The lowest BCUT2D eigenvalue weighted by atomic mass is 9.57. The van der Waals surface area contributed by atoms with Gasteiger partial charge in [-0.05, 0) is 89.5 Å². The van der Waals surface area contributed by atoms with Gasteiger partial charge < -0.3 is 15.2 Å². The van der Waals surface area contributed by atoms with Gasteiger partial charge in [0.25, 0.3) is 0 Å². The van der Waals surface area contributed by atoms with E-state index in [0.717, 1.165) is 57.6 Å². The van der Waals surface area contributed by atoms with E-state index in [-0.39, 0.29) is 11.9 Å². The Morgan fingerprint density at radius 3 is 2.61 bits per heavy atom. The predicted molar refractivity (Wildman–Crippen MR) is 164 cm³/mol. The molecule has 2 N–H and O–H groups in total. The Hall–Kier alpha value is -2.69. The van der Waals surface area contributed by atoms with E-state index < -0.39 is 0 Å². The molecule has 1 spiro atoms. The molecule has 0 bridgehead atoms. The second kappa shape index (κ2) is 13.1. The third-order valence-corrected chi connectivity index (χ3v) is 10.4. The molecule has 3 heterocycles. The monoisotopic (exact) mass is 558 g/mol. The normalized spacial score (nSPS) is 24.2. The van der Waals surface area contributed by atoms with Gasteiger partial charge in [0.15, 0.2) is 0 Å². The number of terminal acetylenes is 1. The summed E-state index contributed by atoms with van der Waals surface area (Å²) in [5.41, 5.74) is 8.16. The molecule has 3 fully saturated rings. The SMILES string of the molecule is C#CCCCC(=O)N1CCC2(CC1)CC(c1nnc(C)n1C(C)CC1CCC(C)N1CCC(N)c1ccccc1)C2. The number of hydrogen-bond acceptors (Lipinski definition) is 5. The van der Waals surface area contributed by atoms with Gasteiger partial charge in [0, 0.05) is 62.6 Å². The Labute approximate surface area is 247 Å². The summed E-state index contributed by atoms with van der Waals surface area (Å²) < 4.78 is 2.44. The van der Waals surface area contributed by atoms with Gasteiger partial charge in [0.2, 0.25) is 5.91 Å². The van der Waals surface area contributed by atoms with E-state index in [1.165, 1.54) is 37.1 Å². The summed E-state index contributed by atoms with van der Waals surface area (Å²) in [5, 5.41) is 9.29. The van der Waals surface area contributed by atoms with Gasteiger partial charge in [-0.25, -0.2) is 0 Å². The Morgan fingerprint density at radius 1 is 1.17 bits per heavy atom. The third kappa shape index (κ3) is 6.70. The summed E-state index contributed by atoms with van der Waals surface area (Å²) in [6.45, 7) is 9.64. The summed E-state index contributed by atoms with van der Waals surface area (Å²) in [7, 11) is 0. The molecule has 4 atom stereocenters. The highest BCUT2D eigenvalue weighted by atomic mass is 16.2. The van der Waals surface area contributed by atoms with Crippen LogP contribution in [0.2, 0.25) is 0 Å². The van der Waals surface area contributed by atoms with Gasteiger partial charge in [0.05, 0.1) is 0 Å². The minimum absolute atomic E-state index is 0.0816. The number of nitrogens with zero attached hydrogens (tertiary/aromatic N) is 5. The van der Waals surface area contributed by atoms with Gasteiger partial charge in [-0.15, -0.1) is 22.5 Å². The number of likely N-dealkylation sites (tertiary alicyclic amines) is 2. The number of aromatic nitrogens is 3. The highest BCUT2D eigenvalue weighted by Crippen LogP contribution is 2.56. The fourth-order valence-corrected chi connectivity index (χ4v) is 7.95. The lowest BCUT2D eigenvalue weighted by molar-refractivity contribution is -0.135. The Balaban J connectivity index is 1.15. The number of carbonyl (C=O) groups is 1. The fourth-order valence-electron chi connectivity index (χ4n) is 7.95. The first-order valence-electron chi connectivity index (χ1n) is 16.0. The number of amides is 1. The molecule has 1 saturated carbocycles.